The number of hydrogen-bond acceptors (Lipinski definition) is 4. The molecule has 154 valence electrons. The van der Waals surface area contributed by atoms with Crippen molar-refractivity contribution < 1.29 is 8.42 Å². The average Bonchev–Trinajstić information content (AvgIpc) is 3.04. The number of halogens is 1. The Morgan fingerprint density at radius 1 is 1.15 bits per heavy atom. The highest BCUT2D eigenvalue weighted by Crippen LogP contribution is 2.26. The smallest absolute Gasteiger partial charge is 0.209 e. The molecular formula is C17H36IN5O2S. The van der Waals surface area contributed by atoms with Crippen molar-refractivity contribution in [2.24, 2.45) is 4.99 Å². The molecule has 2 rings (SSSR count). The zero-order valence-electron chi connectivity index (χ0n) is 16.5. The quantitative estimate of drug-likeness (QED) is 0.292. The summed E-state index contributed by atoms with van der Waals surface area (Å²) < 4.78 is 25.5. The molecule has 0 bridgehead atoms. The Hall–Kier alpha value is -0.130. The third-order valence-electron chi connectivity index (χ3n) is 5.09. The molecule has 0 atom stereocenters. The molecule has 1 aliphatic carbocycles. The maximum absolute atomic E-state index is 11.4. The van der Waals surface area contributed by atoms with Gasteiger partial charge in [-0.2, -0.15) is 0 Å². The number of likely N-dealkylation sites (tertiary alicyclic amines) is 1. The lowest BCUT2D eigenvalue weighted by molar-refractivity contribution is 0.150. The maximum atomic E-state index is 11.4. The minimum atomic E-state index is -3.23. The molecule has 7 nitrogen and oxygen atoms in total. The Morgan fingerprint density at radius 2 is 1.73 bits per heavy atom. The summed E-state index contributed by atoms with van der Waals surface area (Å²) in [5.41, 5.74) is -0.572. The minimum absolute atomic E-state index is 0. The van der Waals surface area contributed by atoms with Gasteiger partial charge >= 0.3 is 0 Å². The molecule has 3 N–H and O–H groups in total. The van der Waals surface area contributed by atoms with Crippen molar-refractivity contribution in [3.8, 4) is 0 Å². The van der Waals surface area contributed by atoms with Gasteiger partial charge in [-0.05, 0) is 39.5 Å². The molecule has 9 heteroatoms. The van der Waals surface area contributed by atoms with Crippen LogP contribution in [-0.4, -0.2) is 69.8 Å². The average molecular weight is 501 g/mol. The summed E-state index contributed by atoms with van der Waals surface area (Å²) in [6.45, 7) is 6.49. The molecule has 1 heterocycles. The Balaban J connectivity index is 0.00000338. The number of hydrogen-bond donors (Lipinski definition) is 3. The van der Waals surface area contributed by atoms with Gasteiger partial charge in [-0.25, -0.2) is 13.1 Å². The van der Waals surface area contributed by atoms with Crippen molar-refractivity contribution in [2.75, 3.05) is 32.9 Å². The first-order valence-corrected chi connectivity index (χ1v) is 11.3. The van der Waals surface area contributed by atoms with Gasteiger partial charge in [0.15, 0.2) is 5.96 Å². The first kappa shape index (κ1) is 23.9. The number of piperidine rings is 1. The number of nitrogens with zero attached hydrogens (tertiary/aromatic N) is 2. The van der Waals surface area contributed by atoms with E-state index in [0.29, 0.717) is 12.6 Å². The van der Waals surface area contributed by atoms with Gasteiger partial charge in [0.25, 0.3) is 0 Å². The molecule has 0 aromatic heterocycles. The zero-order chi connectivity index (χ0) is 18.5. The second-order valence-electron chi connectivity index (χ2n) is 8.08. The second-order valence-corrected chi connectivity index (χ2v) is 9.83. The van der Waals surface area contributed by atoms with E-state index < -0.39 is 15.6 Å². The predicted molar refractivity (Wildman–Crippen MR) is 119 cm³/mol. The van der Waals surface area contributed by atoms with E-state index in [2.05, 4.69) is 25.2 Å². The van der Waals surface area contributed by atoms with Crippen LogP contribution < -0.4 is 15.4 Å². The Morgan fingerprint density at radius 3 is 2.23 bits per heavy atom. The van der Waals surface area contributed by atoms with E-state index in [1.807, 2.05) is 13.8 Å². The van der Waals surface area contributed by atoms with Crippen LogP contribution in [0, 0.1) is 0 Å². The van der Waals surface area contributed by atoms with E-state index in [1.54, 1.807) is 7.05 Å². The molecule has 1 aliphatic heterocycles. The van der Waals surface area contributed by atoms with Gasteiger partial charge < -0.3 is 15.5 Å². The molecular weight excluding hydrogens is 465 g/mol. The lowest BCUT2D eigenvalue weighted by atomic mass is 10.0. The van der Waals surface area contributed by atoms with Crippen molar-refractivity contribution >= 4 is 40.0 Å². The summed E-state index contributed by atoms with van der Waals surface area (Å²) in [6, 6.07) is 1.23. The van der Waals surface area contributed by atoms with Gasteiger partial charge in [0, 0.05) is 44.3 Å². The van der Waals surface area contributed by atoms with Crippen LogP contribution in [0.25, 0.3) is 0 Å². The first-order chi connectivity index (χ1) is 11.7. The fourth-order valence-electron chi connectivity index (χ4n) is 3.91. The van der Waals surface area contributed by atoms with E-state index in [1.165, 1.54) is 31.9 Å². The molecule has 0 unspecified atom stereocenters. The van der Waals surface area contributed by atoms with Crippen molar-refractivity contribution in [1.29, 1.82) is 0 Å². The summed E-state index contributed by atoms with van der Waals surface area (Å²) >= 11 is 0. The SMILES string of the molecule is CN=C(NCC(C)(C)NS(C)(=O)=O)NC1CCN(C2CCCC2)CC1.I. The Kier molecular flexibility index (Phi) is 9.59. The summed E-state index contributed by atoms with van der Waals surface area (Å²) in [5.74, 6) is 0.739. The second kappa shape index (κ2) is 10.4. The van der Waals surface area contributed by atoms with Gasteiger partial charge in [0.05, 0.1) is 6.26 Å². The third kappa shape index (κ3) is 8.26. The molecule has 0 aromatic rings. The predicted octanol–water partition coefficient (Wildman–Crippen LogP) is 1.50. The lowest BCUT2D eigenvalue weighted by Gasteiger charge is -2.37. The summed E-state index contributed by atoms with van der Waals surface area (Å²) in [6.07, 6.45) is 8.94. The molecule has 1 saturated carbocycles. The van der Waals surface area contributed by atoms with Crippen molar-refractivity contribution in [3.05, 3.63) is 0 Å². The largest absolute Gasteiger partial charge is 0.355 e. The monoisotopic (exact) mass is 501 g/mol. The van der Waals surface area contributed by atoms with E-state index in [-0.39, 0.29) is 24.0 Å². The lowest BCUT2D eigenvalue weighted by Crippen LogP contribution is -2.55. The van der Waals surface area contributed by atoms with E-state index in [0.717, 1.165) is 37.9 Å². The van der Waals surface area contributed by atoms with Crippen molar-refractivity contribution in [1.82, 2.24) is 20.3 Å². The highest BCUT2D eigenvalue weighted by atomic mass is 127. The molecule has 0 amide bonds. The molecule has 1 saturated heterocycles. The zero-order valence-corrected chi connectivity index (χ0v) is 19.7. The number of nitrogens with one attached hydrogen (secondary N) is 3. The fraction of sp³-hybridized carbons (Fsp3) is 0.941. The number of rotatable bonds is 6. The highest BCUT2D eigenvalue weighted by molar-refractivity contribution is 14.0. The van der Waals surface area contributed by atoms with E-state index in [9.17, 15) is 8.42 Å². The third-order valence-corrected chi connectivity index (χ3v) is 6.02. The van der Waals surface area contributed by atoms with Crippen LogP contribution in [0.1, 0.15) is 52.4 Å². The fourth-order valence-corrected chi connectivity index (χ4v) is 4.98. The number of sulfonamides is 1. The normalized spacial score (nSPS) is 21.5. The standard InChI is InChI=1S/C17H35N5O2S.HI/c1-17(2,21-25(4,23)24)13-19-16(18-3)20-14-9-11-22(12-10-14)15-7-5-6-8-15;/h14-15,21H,5-13H2,1-4H3,(H2,18,19,20);1H. The van der Waals surface area contributed by atoms with E-state index in [4.69, 9.17) is 0 Å². The van der Waals surface area contributed by atoms with Gasteiger partial charge in [-0.3, -0.25) is 4.99 Å². The van der Waals surface area contributed by atoms with Crippen LogP contribution in [0.3, 0.4) is 0 Å². The summed E-state index contributed by atoms with van der Waals surface area (Å²) in [4.78, 5) is 6.94. The molecule has 0 aromatic carbocycles. The first-order valence-electron chi connectivity index (χ1n) is 9.39. The van der Waals surface area contributed by atoms with Crippen LogP contribution in [0.2, 0.25) is 0 Å². The maximum Gasteiger partial charge on any atom is 0.209 e. The van der Waals surface area contributed by atoms with Gasteiger partial charge in [0.1, 0.15) is 0 Å². The van der Waals surface area contributed by atoms with Gasteiger partial charge in [0.2, 0.25) is 10.0 Å². The van der Waals surface area contributed by atoms with Crippen LogP contribution >= 0.6 is 24.0 Å². The van der Waals surface area contributed by atoms with Crippen LogP contribution in [0.4, 0.5) is 0 Å². The van der Waals surface area contributed by atoms with Crippen molar-refractivity contribution in [2.45, 2.75) is 70.0 Å². The highest BCUT2D eigenvalue weighted by Gasteiger charge is 2.28. The molecule has 0 spiro atoms. The van der Waals surface area contributed by atoms with Crippen LogP contribution in [-0.2, 0) is 10.0 Å². The Labute approximate surface area is 176 Å². The minimum Gasteiger partial charge on any atom is -0.355 e. The Bertz CT molecular complexity index is 554. The van der Waals surface area contributed by atoms with Crippen LogP contribution in [0.5, 0.6) is 0 Å². The molecule has 0 radical (unpaired) electrons. The van der Waals surface area contributed by atoms with Crippen LogP contribution in [0.15, 0.2) is 4.99 Å². The van der Waals surface area contributed by atoms with E-state index >= 15 is 0 Å². The number of aliphatic imine (C=N–C) groups is 1. The van der Waals surface area contributed by atoms with Crippen molar-refractivity contribution in [3.63, 3.8) is 0 Å². The topological polar surface area (TPSA) is 85.8 Å². The number of guanidine groups is 1. The van der Waals surface area contributed by atoms with Gasteiger partial charge in [-0.15, -0.1) is 24.0 Å². The summed E-state index contributed by atoms with van der Waals surface area (Å²) in [5, 5.41) is 6.73. The molecule has 2 fully saturated rings. The van der Waals surface area contributed by atoms with Gasteiger partial charge in [-0.1, -0.05) is 12.8 Å². The summed E-state index contributed by atoms with van der Waals surface area (Å²) in [7, 11) is -1.48. The molecule has 26 heavy (non-hydrogen) atoms. The molecule has 2 aliphatic rings.